The van der Waals surface area contributed by atoms with Crippen molar-refractivity contribution < 1.29 is 14.3 Å². The van der Waals surface area contributed by atoms with Crippen molar-refractivity contribution in [2.24, 2.45) is 0 Å². The van der Waals surface area contributed by atoms with Crippen molar-refractivity contribution in [1.82, 2.24) is 0 Å². The van der Waals surface area contributed by atoms with Crippen LogP contribution in [-0.4, -0.2) is 19.0 Å². The molecule has 0 saturated carbocycles. The first-order valence-corrected chi connectivity index (χ1v) is 7.07. The van der Waals surface area contributed by atoms with Gasteiger partial charge in [-0.05, 0) is 36.8 Å². The lowest BCUT2D eigenvalue weighted by atomic mass is 10.1. The minimum absolute atomic E-state index is 0.263. The van der Waals surface area contributed by atoms with E-state index in [9.17, 15) is 9.59 Å². The Morgan fingerprint density at radius 2 is 1.81 bits per heavy atom. The Kier molecular flexibility index (Phi) is 4.75. The first-order valence-electron chi connectivity index (χ1n) is 6.27. The summed E-state index contributed by atoms with van der Waals surface area (Å²) in [5.41, 5.74) is 2.15. The quantitative estimate of drug-likeness (QED) is 0.859. The van der Waals surface area contributed by atoms with Crippen molar-refractivity contribution in [2.45, 2.75) is 6.92 Å². The van der Waals surface area contributed by atoms with Crippen LogP contribution in [-0.2, 0) is 4.74 Å². The zero-order valence-electron chi connectivity index (χ0n) is 11.6. The summed E-state index contributed by atoms with van der Waals surface area (Å²) in [6.45, 7) is 1.86. The van der Waals surface area contributed by atoms with Gasteiger partial charge in [0, 0.05) is 10.0 Å². The third-order valence-corrected chi connectivity index (χ3v) is 3.52. The van der Waals surface area contributed by atoms with Crippen LogP contribution in [0, 0.1) is 6.92 Å². The molecule has 1 amide bonds. The van der Waals surface area contributed by atoms with Gasteiger partial charge in [0.15, 0.2) is 0 Å². The average Bonchev–Trinajstić information content (AvgIpc) is 2.48. The van der Waals surface area contributed by atoms with Gasteiger partial charge in [-0.1, -0.05) is 34.1 Å². The third-order valence-electron chi connectivity index (χ3n) is 3.02. The van der Waals surface area contributed by atoms with E-state index >= 15 is 0 Å². The Balaban J connectivity index is 2.34. The Morgan fingerprint density at radius 3 is 2.48 bits per heavy atom. The second-order valence-corrected chi connectivity index (χ2v) is 5.37. The molecule has 0 bridgehead atoms. The van der Waals surface area contributed by atoms with E-state index in [1.54, 1.807) is 30.3 Å². The summed E-state index contributed by atoms with van der Waals surface area (Å²) in [7, 11) is 1.30. The van der Waals surface area contributed by atoms with Crippen LogP contribution in [0.4, 0.5) is 5.69 Å². The molecule has 0 aliphatic rings. The molecule has 2 aromatic rings. The number of amides is 1. The molecule has 108 valence electrons. The predicted octanol–water partition coefficient (Wildman–Crippen LogP) is 3.80. The highest BCUT2D eigenvalue weighted by Crippen LogP contribution is 2.23. The molecule has 0 spiro atoms. The van der Waals surface area contributed by atoms with Crippen LogP contribution in [0.1, 0.15) is 26.3 Å². The molecule has 2 rings (SSSR count). The number of halogens is 1. The highest BCUT2D eigenvalue weighted by molar-refractivity contribution is 9.10. The minimum Gasteiger partial charge on any atom is -0.465 e. The summed E-state index contributed by atoms with van der Waals surface area (Å²) in [4.78, 5) is 24.1. The van der Waals surface area contributed by atoms with Crippen molar-refractivity contribution in [3.63, 3.8) is 0 Å². The molecule has 4 nitrogen and oxygen atoms in total. The number of anilines is 1. The van der Waals surface area contributed by atoms with E-state index in [2.05, 4.69) is 21.2 Å². The molecule has 0 atom stereocenters. The smallest absolute Gasteiger partial charge is 0.340 e. The lowest BCUT2D eigenvalue weighted by molar-refractivity contribution is 0.0602. The number of hydrogen-bond donors (Lipinski definition) is 1. The molecule has 2 aromatic carbocycles. The SMILES string of the molecule is COC(=O)c1cc(Br)ccc1NC(=O)c1ccccc1C. The number of benzene rings is 2. The molecule has 0 saturated heterocycles. The van der Waals surface area contributed by atoms with Crippen LogP contribution >= 0.6 is 15.9 Å². The predicted molar refractivity (Wildman–Crippen MR) is 84.6 cm³/mol. The number of nitrogens with one attached hydrogen (secondary N) is 1. The normalized spacial score (nSPS) is 10.0. The maximum absolute atomic E-state index is 12.3. The zero-order valence-corrected chi connectivity index (χ0v) is 13.2. The third kappa shape index (κ3) is 3.49. The van der Waals surface area contributed by atoms with Crippen molar-refractivity contribution in [3.8, 4) is 0 Å². The highest BCUT2D eigenvalue weighted by atomic mass is 79.9. The molecule has 5 heteroatoms. The second-order valence-electron chi connectivity index (χ2n) is 4.45. The monoisotopic (exact) mass is 347 g/mol. The molecule has 1 N–H and O–H groups in total. The Hall–Kier alpha value is -2.14. The zero-order chi connectivity index (χ0) is 15.4. The van der Waals surface area contributed by atoms with Crippen molar-refractivity contribution in [1.29, 1.82) is 0 Å². The lowest BCUT2D eigenvalue weighted by Crippen LogP contribution is -2.16. The summed E-state index contributed by atoms with van der Waals surface area (Å²) in [5.74, 6) is -0.767. The number of carbonyl (C=O) groups excluding carboxylic acids is 2. The summed E-state index contributed by atoms with van der Waals surface area (Å²) >= 11 is 3.30. The topological polar surface area (TPSA) is 55.4 Å². The first-order chi connectivity index (χ1) is 10.0. The van der Waals surface area contributed by atoms with Gasteiger partial charge < -0.3 is 10.1 Å². The molecular weight excluding hydrogens is 334 g/mol. The minimum atomic E-state index is -0.503. The number of carbonyl (C=O) groups is 2. The molecular formula is C16H14BrNO3. The van der Waals surface area contributed by atoms with E-state index in [1.807, 2.05) is 19.1 Å². The summed E-state index contributed by atoms with van der Waals surface area (Å²) in [5, 5.41) is 2.75. The van der Waals surface area contributed by atoms with Crippen LogP contribution < -0.4 is 5.32 Å². The number of esters is 1. The van der Waals surface area contributed by atoms with Gasteiger partial charge >= 0.3 is 5.97 Å². The number of ether oxygens (including phenoxy) is 1. The number of methoxy groups -OCH3 is 1. The van der Waals surface area contributed by atoms with Crippen LogP contribution in [0.5, 0.6) is 0 Å². The van der Waals surface area contributed by atoms with Crippen molar-refractivity contribution in [3.05, 3.63) is 63.6 Å². The van der Waals surface area contributed by atoms with Gasteiger partial charge in [0.1, 0.15) is 0 Å². The average molecular weight is 348 g/mol. The summed E-state index contributed by atoms with van der Waals surface area (Å²) in [6, 6.07) is 12.3. The van der Waals surface area contributed by atoms with Crippen molar-refractivity contribution in [2.75, 3.05) is 12.4 Å². The van der Waals surface area contributed by atoms with E-state index in [0.29, 0.717) is 16.8 Å². The summed E-state index contributed by atoms with van der Waals surface area (Å²) < 4.78 is 5.47. The van der Waals surface area contributed by atoms with Crippen LogP contribution in [0.25, 0.3) is 0 Å². The Morgan fingerprint density at radius 1 is 1.10 bits per heavy atom. The van der Waals surface area contributed by atoms with Gasteiger partial charge in [-0.25, -0.2) is 4.79 Å². The first kappa shape index (κ1) is 15.3. The Labute approximate surface area is 131 Å². The number of hydrogen-bond acceptors (Lipinski definition) is 3. The van der Waals surface area contributed by atoms with Crippen molar-refractivity contribution >= 4 is 33.5 Å². The molecule has 0 unspecified atom stereocenters. The van der Waals surface area contributed by atoms with Gasteiger partial charge in [0.05, 0.1) is 18.4 Å². The molecule has 21 heavy (non-hydrogen) atoms. The molecule has 0 heterocycles. The van der Waals surface area contributed by atoms with E-state index in [1.165, 1.54) is 7.11 Å². The fourth-order valence-electron chi connectivity index (χ4n) is 1.92. The molecule has 0 fully saturated rings. The highest BCUT2D eigenvalue weighted by Gasteiger charge is 2.16. The van der Waals surface area contributed by atoms with Crippen LogP contribution in [0.15, 0.2) is 46.9 Å². The number of rotatable bonds is 3. The maximum atomic E-state index is 12.3. The van der Waals surface area contributed by atoms with E-state index in [-0.39, 0.29) is 5.91 Å². The summed E-state index contributed by atoms with van der Waals surface area (Å²) in [6.07, 6.45) is 0. The number of aryl methyl sites for hydroxylation is 1. The molecule has 0 radical (unpaired) electrons. The van der Waals surface area contributed by atoms with Gasteiger partial charge in [0.2, 0.25) is 0 Å². The largest absolute Gasteiger partial charge is 0.465 e. The Bertz CT molecular complexity index is 698. The van der Waals surface area contributed by atoms with Crippen LogP contribution in [0.3, 0.4) is 0 Å². The molecule has 0 aliphatic carbocycles. The standard InChI is InChI=1S/C16H14BrNO3/c1-10-5-3-4-6-12(10)15(19)18-14-8-7-11(17)9-13(14)16(20)21-2/h3-9H,1-2H3,(H,18,19). The fraction of sp³-hybridized carbons (Fsp3) is 0.125. The van der Waals surface area contributed by atoms with Crippen LogP contribution in [0.2, 0.25) is 0 Å². The molecule has 0 aliphatic heterocycles. The van der Waals surface area contributed by atoms with Gasteiger partial charge in [-0.3, -0.25) is 4.79 Å². The molecule has 0 aromatic heterocycles. The van der Waals surface area contributed by atoms with E-state index < -0.39 is 5.97 Å². The lowest BCUT2D eigenvalue weighted by Gasteiger charge is -2.11. The maximum Gasteiger partial charge on any atom is 0.340 e. The van der Waals surface area contributed by atoms with E-state index in [0.717, 1.165) is 10.0 Å². The van der Waals surface area contributed by atoms with Gasteiger partial charge in [-0.15, -0.1) is 0 Å². The van der Waals surface area contributed by atoms with Gasteiger partial charge in [-0.2, -0.15) is 0 Å². The second kappa shape index (κ2) is 6.54. The van der Waals surface area contributed by atoms with E-state index in [4.69, 9.17) is 4.74 Å². The fourth-order valence-corrected chi connectivity index (χ4v) is 2.28. The van der Waals surface area contributed by atoms with Gasteiger partial charge in [0.25, 0.3) is 5.91 Å².